The van der Waals surface area contributed by atoms with E-state index in [4.69, 9.17) is 5.11 Å². The van der Waals surface area contributed by atoms with E-state index in [2.05, 4.69) is 10.3 Å². The number of amides is 1. The number of pyridine rings is 1. The van der Waals surface area contributed by atoms with Crippen molar-refractivity contribution in [3.8, 4) is 0 Å². The Labute approximate surface area is 101 Å². The zero-order valence-electron chi connectivity index (χ0n) is 10.1. The lowest BCUT2D eigenvalue weighted by molar-refractivity contribution is -0.117. The molecule has 0 saturated carbocycles. The van der Waals surface area contributed by atoms with Crippen LogP contribution in [0.3, 0.4) is 0 Å². The minimum absolute atomic E-state index is 0.0514. The number of hydrogen-bond donors (Lipinski definition) is 2. The summed E-state index contributed by atoms with van der Waals surface area (Å²) in [6, 6.07) is 3.46. The third kappa shape index (κ3) is 4.78. The molecule has 0 aliphatic carbocycles. The van der Waals surface area contributed by atoms with Gasteiger partial charge in [0.05, 0.1) is 12.6 Å². The van der Waals surface area contributed by atoms with Gasteiger partial charge in [-0.25, -0.2) is 0 Å². The van der Waals surface area contributed by atoms with E-state index in [9.17, 15) is 4.79 Å². The summed E-state index contributed by atoms with van der Waals surface area (Å²) in [6.45, 7) is 3.85. The van der Waals surface area contributed by atoms with Gasteiger partial charge in [0.15, 0.2) is 0 Å². The van der Waals surface area contributed by atoms with Gasteiger partial charge in [0.2, 0.25) is 5.91 Å². The lowest BCUT2D eigenvalue weighted by atomic mass is 10.1. The second-order valence-electron chi connectivity index (χ2n) is 4.16. The second kappa shape index (κ2) is 6.81. The van der Waals surface area contributed by atoms with Crippen LogP contribution in [0.1, 0.15) is 19.4 Å². The van der Waals surface area contributed by atoms with Gasteiger partial charge in [0.25, 0.3) is 0 Å². The molecule has 1 amide bonds. The van der Waals surface area contributed by atoms with Crippen molar-refractivity contribution in [1.29, 1.82) is 0 Å². The van der Waals surface area contributed by atoms with Crippen molar-refractivity contribution < 1.29 is 9.90 Å². The molecule has 0 fully saturated rings. The van der Waals surface area contributed by atoms with Crippen LogP contribution in [0, 0.1) is 5.92 Å². The molecule has 0 bridgehead atoms. The Hall–Kier alpha value is -1.68. The molecular weight excluding hydrogens is 216 g/mol. The molecule has 0 aliphatic rings. The Balaban J connectivity index is 2.52. The van der Waals surface area contributed by atoms with E-state index in [0.717, 1.165) is 5.56 Å². The number of carbonyl (C=O) groups is 1. The molecule has 1 aromatic heterocycles. The number of aliphatic hydroxyl groups is 1. The summed E-state index contributed by atoms with van der Waals surface area (Å²) in [5.41, 5.74) is 0.868. The van der Waals surface area contributed by atoms with E-state index in [1.807, 2.05) is 26.0 Å². The van der Waals surface area contributed by atoms with Gasteiger partial charge in [-0.3, -0.25) is 9.78 Å². The summed E-state index contributed by atoms with van der Waals surface area (Å²) < 4.78 is 0. The summed E-state index contributed by atoms with van der Waals surface area (Å²) >= 11 is 0. The second-order valence-corrected chi connectivity index (χ2v) is 4.16. The van der Waals surface area contributed by atoms with Gasteiger partial charge in [0.1, 0.15) is 0 Å². The Morgan fingerprint density at radius 1 is 1.59 bits per heavy atom. The molecule has 2 N–H and O–H groups in total. The monoisotopic (exact) mass is 234 g/mol. The molecule has 1 heterocycles. The molecule has 92 valence electrons. The molecule has 0 spiro atoms. The zero-order chi connectivity index (χ0) is 12.7. The molecule has 1 rings (SSSR count). The molecule has 1 atom stereocenters. The maximum absolute atomic E-state index is 11.6. The average Bonchev–Trinajstić information content (AvgIpc) is 2.34. The normalized spacial score (nSPS) is 12.9. The molecule has 0 saturated heterocycles. The van der Waals surface area contributed by atoms with Gasteiger partial charge in [0, 0.05) is 18.5 Å². The highest BCUT2D eigenvalue weighted by molar-refractivity contribution is 5.91. The van der Waals surface area contributed by atoms with Crippen molar-refractivity contribution in [3.63, 3.8) is 0 Å². The lowest BCUT2D eigenvalue weighted by Gasteiger charge is -2.18. The van der Waals surface area contributed by atoms with Crippen LogP contribution in [-0.4, -0.2) is 28.6 Å². The summed E-state index contributed by atoms with van der Waals surface area (Å²) in [5.74, 6) is -0.00246. The van der Waals surface area contributed by atoms with E-state index in [-0.39, 0.29) is 24.5 Å². The van der Waals surface area contributed by atoms with E-state index < -0.39 is 0 Å². The van der Waals surface area contributed by atoms with Crippen LogP contribution in [-0.2, 0) is 4.79 Å². The van der Waals surface area contributed by atoms with Crippen LogP contribution in [0.4, 0.5) is 0 Å². The van der Waals surface area contributed by atoms with Crippen LogP contribution in [0.5, 0.6) is 0 Å². The first-order chi connectivity index (χ1) is 8.13. The molecule has 4 heteroatoms. The van der Waals surface area contributed by atoms with Crippen molar-refractivity contribution in [2.24, 2.45) is 5.92 Å². The Kier molecular flexibility index (Phi) is 5.36. The van der Waals surface area contributed by atoms with Crippen molar-refractivity contribution in [2.45, 2.75) is 19.9 Å². The number of aromatic nitrogens is 1. The van der Waals surface area contributed by atoms with E-state index in [1.165, 1.54) is 6.08 Å². The third-order valence-electron chi connectivity index (χ3n) is 2.44. The molecule has 1 aromatic rings. The van der Waals surface area contributed by atoms with Gasteiger partial charge >= 0.3 is 0 Å². The predicted molar refractivity (Wildman–Crippen MR) is 67.1 cm³/mol. The van der Waals surface area contributed by atoms with Crippen LogP contribution in [0.2, 0.25) is 0 Å². The summed E-state index contributed by atoms with van der Waals surface area (Å²) in [7, 11) is 0. The van der Waals surface area contributed by atoms with Crippen LogP contribution < -0.4 is 5.32 Å². The van der Waals surface area contributed by atoms with Crippen molar-refractivity contribution in [1.82, 2.24) is 10.3 Å². The lowest BCUT2D eigenvalue weighted by Crippen LogP contribution is -2.40. The van der Waals surface area contributed by atoms with Gasteiger partial charge in [-0.05, 0) is 23.6 Å². The van der Waals surface area contributed by atoms with E-state index >= 15 is 0 Å². The molecular formula is C13H18N2O2. The molecule has 17 heavy (non-hydrogen) atoms. The highest BCUT2D eigenvalue weighted by Crippen LogP contribution is 2.01. The predicted octanol–water partition coefficient (Wildman–Crippen LogP) is 1.23. The number of nitrogens with zero attached hydrogens (tertiary/aromatic N) is 1. The molecule has 0 radical (unpaired) electrons. The Morgan fingerprint density at radius 3 is 2.88 bits per heavy atom. The summed E-state index contributed by atoms with van der Waals surface area (Å²) in [5, 5.41) is 11.8. The fraction of sp³-hybridized carbons (Fsp3) is 0.385. The standard InChI is InChI=1S/C13H18N2O2/c1-10(2)12(9-16)15-13(17)6-5-11-4-3-7-14-8-11/h3-8,10,12,16H,9H2,1-2H3,(H,15,17)/t12-/m1/s1. The molecule has 0 aromatic carbocycles. The maximum Gasteiger partial charge on any atom is 0.244 e. The topological polar surface area (TPSA) is 62.2 Å². The third-order valence-corrected chi connectivity index (χ3v) is 2.44. The van der Waals surface area contributed by atoms with E-state index in [0.29, 0.717) is 0 Å². The highest BCUT2D eigenvalue weighted by atomic mass is 16.3. The largest absolute Gasteiger partial charge is 0.394 e. The number of aliphatic hydroxyl groups excluding tert-OH is 1. The van der Waals surface area contributed by atoms with Crippen molar-refractivity contribution >= 4 is 12.0 Å². The number of rotatable bonds is 5. The van der Waals surface area contributed by atoms with Crippen molar-refractivity contribution in [2.75, 3.05) is 6.61 Å². The van der Waals surface area contributed by atoms with E-state index in [1.54, 1.807) is 18.5 Å². The van der Waals surface area contributed by atoms with Gasteiger partial charge in [-0.2, -0.15) is 0 Å². The Morgan fingerprint density at radius 2 is 2.35 bits per heavy atom. The van der Waals surface area contributed by atoms with Crippen LogP contribution in [0.25, 0.3) is 6.08 Å². The molecule has 4 nitrogen and oxygen atoms in total. The van der Waals surface area contributed by atoms with Crippen LogP contribution >= 0.6 is 0 Å². The number of carbonyl (C=O) groups excluding carboxylic acids is 1. The van der Waals surface area contributed by atoms with Gasteiger partial charge < -0.3 is 10.4 Å². The number of hydrogen-bond acceptors (Lipinski definition) is 3. The quantitative estimate of drug-likeness (QED) is 0.753. The fourth-order valence-electron chi connectivity index (χ4n) is 1.30. The summed E-state index contributed by atoms with van der Waals surface area (Å²) in [6.07, 6.45) is 6.49. The zero-order valence-corrected chi connectivity index (χ0v) is 10.1. The minimum Gasteiger partial charge on any atom is -0.394 e. The molecule has 0 aliphatic heterocycles. The minimum atomic E-state index is -0.207. The van der Waals surface area contributed by atoms with Gasteiger partial charge in [-0.1, -0.05) is 19.9 Å². The fourth-order valence-corrected chi connectivity index (χ4v) is 1.30. The molecule has 0 unspecified atom stereocenters. The first-order valence-electron chi connectivity index (χ1n) is 5.63. The van der Waals surface area contributed by atoms with Crippen LogP contribution in [0.15, 0.2) is 30.6 Å². The first-order valence-corrected chi connectivity index (χ1v) is 5.63. The smallest absolute Gasteiger partial charge is 0.244 e. The highest BCUT2D eigenvalue weighted by Gasteiger charge is 2.12. The van der Waals surface area contributed by atoms with Gasteiger partial charge in [-0.15, -0.1) is 0 Å². The first kappa shape index (κ1) is 13.4. The summed E-state index contributed by atoms with van der Waals surface area (Å²) in [4.78, 5) is 15.5. The maximum atomic E-state index is 11.6. The average molecular weight is 234 g/mol. The SMILES string of the molecule is CC(C)[C@@H](CO)NC(=O)C=Cc1cccnc1. The van der Waals surface area contributed by atoms with Crippen molar-refractivity contribution in [3.05, 3.63) is 36.2 Å². The number of nitrogens with one attached hydrogen (secondary N) is 1. The Bertz CT molecular complexity index is 374.